The van der Waals surface area contributed by atoms with Crippen LogP contribution in [0.2, 0.25) is 15.1 Å². The predicted molar refractivity (Wildman–Crippen MR) is 267 cm³/mol. The summed E-state index contributed by atoms with van der Waals surface area (Å²) in [5.74, 6) is 1.11. The van der Waals surface area contributed by atoms with E-state index in [9.17, 15) is 9.59 Å². The van der Waals surface area contributed by atoms with Gasteiger partial charge in [0.05, 0.1) is 22.2 Å². The third-order valence-electron chi connectivity index (χ3n) is 12.3. The fraction of sp³-hybridized carbons (Fsp3) is 0.560. The molecule has 0 saturated carbocycles. The molecule has 0 bridgehead atoms. The predicted octanol–water partition coefficient (Wildman–Crippen LogP) is 15.6. The van der Waals surface area contributed by atoms with Crippen LogP contribution in [0.5, 0.6) is 5.75 Å². The highest BCUT2D eigenvalue weighted by Crippen LogP contribution is 2.40. The van der Waals surface area contributed by atoms with Gasteiger partial charge < -0.3 is 15.4 Å². The summed E-state index contributed by atoms with van der Waals surface area (Å²) in [6.07, 6.45) is 13.4. The van der Waals surface area contributed by atoms with Gasteiger partial charge in [0, 0.05) is 26.9 Å². The maximum Gasteiger partial charge on any atom is 0.287 e. The van der Waals surface area contributed by atoms with Crippen LogP contribution in [0, 0.1) is 0 Å². The summed E-state index contributed by atoms with van der Waals surface area (Å²) in [5.41, 5.74) is 2.79. The first-order chi connectivity index (χ1) is 29.5. The van der Waals surface area contributed by atoms with E-state index in [0.29, 0.717) is 44.8 Å². The van der Waals surface area contributed by atoms with Gasteiger partial charge in [-0.05, 0) is 92.2 Å². The van der Waals surface area contributed by atoms with E-state index < -0.39 is 0 Å². The molecule has 0 aliphatic heterocycles. The van der Waals surface area contributed by atoms with Gasteiger partial charge in [-0.2, -0.15) is 0 Å². The third-order valence-corrected chi connectivity index (χ3v) is 14.5. The van der Waals surface area contributed by atoms with Crippen molar-refractivity contribution in [2.75, 3.05) is 11.9 Å². The Labute approximate surface area is 396 Å². The maximum atomic E-state index is 14.5. The Morgan fingerprint density at radius 3 is 2.11 bits per heavy atom. The number of nitrogens with zero attached hydrogens (tertiary/aromatic N) is 1. The molecule has 0 radical (unpaired) electrons. The molecule has 0 aliphatic rings. The van der Waals surface area contributed by atoms with Gasteiger partial charge in [0.25, 0.3) is 11.5 Å². The van der Waals surface area contributed by atoms with E-state index in [2.05, 4.69) is 89.3 Å². The van der Waals surface area contributed by atoms with Gasteiger partial charge in [0.1, 0.15) is 28.3 Å². The van der Waals surface area contributed by atoms with E-state index >= 15 is 0 Å². The Morgan fingerprint density at radius 2 is 1.48 bits per heavy atom. The number of anilines is 1. The molecule has 3 N–H and O–H groups in total. The van der Waals surface area contributed by atoms with Crippen molar-refractivity contribution >= 4 is 69.9 Å². The average Bonchev–Trinajstić information content (AvgIpc) is 3.52. The number of benzene rings is 3. The van der Waals surface area contributed by atoms with Crippen LogP contribution in [-0.4, -0.2) is 39.8 Å². The van der Waals surface area contributed by atoms with E-state index in [-0.39, 0.29) is 49.9 Å². The number of alkyl halides is 1. The van der Waals surface area contributed by atoms with Crippen LogP contribution < -0.4 is 20.9 Å². The number of nitrogens with one attached hydrogen (secondary N) is 3. The van der Waals surface area contributed by atoms with Gasteiger partial charge in [0.15, 0.2) is 0 Å². The first-order valence-electron chi connectivity index (χ1n) is 22.7. The average molecular weight is 949 g/mol. The number of aromatic nitrogens is 2. The zero-order valence-electron chi connectivity index (χ0n) is 38.4. The molecule has 0 spiro atoms. The molecule has 4 aromatic rings. The van der Waals surface area contributed by atoms with E-state index in [1.54, 1.807) is 18.2 Å². The summed E-state index contributed by atoms with van der Waals surface area (Å²) in [5, 5.41) is 10.9. The fourth-order valence-corrected chi connectivity index (χ4v) is 9.51. The van der Waals surface area contributed by atoms with Crippen LogP contribution in [0.1, 0.15) is 167 Å². The van der Waals surface area contributed by atoms with E-state index in [4.69, 9.17) is 51.1 Å². The molecule has 12 heteroatoms. The molecule has 342 valence electrons. The van der Waals surface area contributed by atoms with Gasteiger partial charge in [-0.3, -0.25) is 14.7 Å². The number of H-pyrrole nitrogens is 1. The normalized spacial score (nSPS) is 13.5. The monoisotopic (exact) mass is 946 g/mol. The highest BCUT2D eigenvalue weighted by Gasteiger charge is 2.29. The topological polar surface area (TPSA) is 88.2 Å². The molecular formula is C50H70Cl4N4O3S. The lowest BCUT2D eigenvalue weighted by Crippen LogP contribution is -2.35. The Kier molecular flexibility index (Phi) is 20.5. The standard InChI is InChI=1S/C50H70Cl4N4O3S/c1-10-14-15-16-17-18-19-22-36(27-25-33(5)51)56-46-45(48(60)58(57-46)44-40(53)30-35(52)31-41(44)54)62-43-24-21-20-23-38(43)47(59)55-32-37(11-2)61-42-28-26-34(49(6,7)12-3)29-39(42)50(8,9)13-4/h20-21,23-24,26,28-31,33,36-37,56-57H,10-19,22,25,27,32H2,1-9H3,(H,55,59). The molecule has 3 aromatic carbocycles. The lowest BCUT2D eigenvalue weighted by atomic mass is 9.76. The summed E-state index contributed by atoms with van der Waals surface area (Å²) in [4.78, 5) is 29.6. The number of hydrogen-bond acceptors (Lipinski definition) is 5. The molecule has 3 unspecified atom stereocenters. The lowest BCUT2D eigenvalue weighted by molar-refractivity contribution is 0.0922. The van der Waals surface area contributed by atoms with Crippen LogP contribution >= 0.6 is 58.2 Å². The number of aromatic amines is 1. The van der Waals surface area contributed by atoms with Crippen LogP contribution in [0.25, 0.3) is 5.69 Å². The SMILES string of the molecule is CCCCCCCCCC(CCC(C)Cl)Nc1[nH]n(-c2c(Cl)cc(Cl)cc2Cl)c(=O)c1Sc1ccccc1C(=O)NCC(CC)Oc1ccc(C(C)(C)CC)cc1C(C)(C)CC. The maximum absolute atomic E-state index is 14.5. The van der Waals surface area contributed by atoms with E-state index in [1.165, 1.54) is 59.7 Å². The van der Waals surface area contributed by atoms with Crippen molar-refractivity contribution in [3.8, 4) is 11.4 Å². The molecule has 7 nitrogen and oxygen atoms in total. The van der Waals surface area contributed by atoms with Gasteiger partial charge >= 0.3 is 0 Å². The highest BCUT2D eigenvalue weighted by molar-refractivity contribution is 7.99. The van der Waals surface area contributed by atoms with Crippen LogP contribution in [0.3, 0.4) is 0 Å². The summed E-state index contributed by atoms with van der Waals surface area (Å²) in [6.45, 7) is 20.1. The molecule has 3 atom stereocenters. The minimum atomic E-state index is -0.363. The second kappa shape index (κ2) is 24.5. The number of ether oxygens (including phenoxy) is 1. The van der Waals surface area contributed by atoms with Crippen molar-refractivity contribution in [3.05, 3.63) is 96.7 Å². The van der Waals surface area contributed by atoms with Gasteiger partial charge in [-0.1, -0.05) is 171 Å². The zero-order chi connectivity index (χ0) is 45.6. The molecular weight excluding hydrogens is 878 g/mol. The smallest absolute Gasteiger partial charge is 0.287 e. The van der Waals surface area contributed by atoms with Gasteiger partial charge in [-0.15, -0.1) is 11.6 Å². The van der Waals surface area contributed by atoms with Crippen molar-refractivity contribution in [1.82, 2.24) is 15.1 Å². The molecule has 0 fully saturated rings. The number of carbonyl (C=O) groups excluding carboxylic acids is 1. The van der Waals surface area contributed by atoms with Crippen molar-refractivity contribution in [1.29, 1.82) is 0 Å². The van der Waals surface area contributed by atoms with Crippen LogP contribution in [0.15, 0.2) is 69.2 Å². The lowest BCUT2D eigenvalue weighted by Gasteiger charge is -2.31. The summed E-state index contributed by atoms with van der Waals surface area (Å²) < 4.78 is 8.07. The summed E-state index contributed by atoms with van der Waals surface area (Å²) >= 11 is 27.4. The number of unbranched alkanes of at least 4 members (excludes halogenated alkanes) is 6. The zero-order valence-corrected chi connectivity index (χ0v) is 42.3. The largest absolute Gasteiger partial charge is 0.488 e. The minimum Gasteiger partial charge on any atom is -0.488 e. The summed E-state index contributed by atoms with van der Waals surface area (Å²) in [6, 6.07) is 17.1. The Balaban J connectivity index is 1.64. The van der Waals surface area contributed by atoms with Crippen molar-refractivity contribution < 1.29 is 9.53 Å². The number of amides is 1. The molecule has 4 rings (SSSR count). The molecule has 1 aromatic heterocycles. The molecule has 62 heavy (non-hydrogen) atoms. The highest BCUT2D eigenvalue weighted by atomic mass is 35.5. The second-order valence-electron chi connectivity index (χ2n) is 17.9. The van der Waals surface area contributed by atoms with E-state index in [0.717, 1.165) is 50.7 Å². The Bertz CT molecular complexity index is 2090. The molecule has 0 aliphatic carbocycles. The first-order valence-corrected chi connectivity index (χ1v) is 25.1. The minimum absolute atomic E-state index is 0.00426. The number of hydrogen-bond donors (Lipinski definition) is 3. The molecule has 0 saturated heterocycles. The quantitative estimate of drug-likeness (QED) is 0.0431. The fourth-order valence-electron chi connectivity index (χ4n) is 7.37. The number of carbonyl (C=O) groups is 1. The van der Waals surface area contributed by atoms with E-state index in [1.807, 2.05) is 25.1 Å². The van der Waals surface area contributed by atoms with Gasteiger partial charge in [0.2, 0.25) is 0 Å². The number of halogens is 4. The third kappa shape index (κ3) is 14.4. The van der Waals surface area contributed by atoms with Crippen molar-refractivity contribution in [3.63, 3.8) is 0 Å². The van der Waals surface area contributed by atoms with Crippen molar-refractivity contribution in [2.24, 2.45) is 0 Å². The molecule has 1 heterocycles. The van der Waals surface area contributed by atoms with Crippen LogP contribution in [-0.2, 0) is 10.8 Å². The Morgan fingerprint density at radius 1 is 0.839 bits per heavy atom. The molecule has 1 amide bonds. The summed E-state index contributed by atoms with van der Waals surface area (Å²) in [7, 11) is 0. The van der Waals surface area contributed by atoms with Crippen molar-refractivity contribution in [2.45, 2.75) is 184 Å². The van der Waals surface area contributed by atoms with Gasteiger partial charge in [-0.25, -0.2) is 4.68 Å². The number of rotatable bonds is 26. The second-order valence-corrected chi connectivity index (χ2v) is 21.0. The Hall–Kier alpha value is -2.75. The first kappa shape index (κ1) is 51.9. The van der Waals surface area contributed by atoms with Crippen LogP contribution in [0.4, 0.5) is 5.82 Å².